The van der Waals surface area contributed by atoms with Gasteiger partial charge in [-0.25, -0.2) is 4.39 Å². The molecule has 1 aliphatic carbocycles. The highest BCUT2D eigenvalue weighted by atomic mass is 19.2. The van der Waals surface area contributed by atoms with Crippen LogP contribution in [0.15, 0.2) is 60.7 Å². The summed E-state index contributed by atoms with van der Waals surface area (Å²) in [6.45, 7) is 4.31. The first kappa shape index (κ1) is 24.4. The van der Waals surface area contributed by atoms with Crippen molar-refractivity contribution < 1.29 is 13.5 Å². The van der Waals surface area contributed by atoms with Gasteiger partial charge in [0.1, 0.15) is 0 Å². The normalized spacial score (nSPS) is 18.1. The molecule has 0 heterocycles. The number of aryl methyl sites for hydroxylation is 2. The first-order valence-electron chi connectivity index (χ1n) is 12.9. The Kier molecular flexibility index (Phi) is 8.37. The lowest BCUT2D eigenvalue weighted by molar-refractivity contribution is 0.297. The van der Waals surface area contributed by atoms with Gasteiger partial charge in [0.25, 0.3) is 0 Å². The Morgan fingerprint density at radius 2 is 1.29 bits per heavy atom. The van der Waals surface area contributed by atoms with Crippen molar-refractivity contribution in [1.29, 1.82) is 0 Å². The van der Waals surface area contributed by atoms with E-state index in [4.69, 9.17) is 4.74 Å². The van der Waals surface area contributed by atoms with Crippen LogP contribution in [0.25, 0.3) is 11.1 Å². The monoisotopic (exact) mass is 462 g/mol. The average molecular weight is 463 g/mol. The smallest absolute Gasteiger partial charge is 0.200 e. The third-order valence-corrected chi connectivity index (χ3v) is 7.28. The Morgan fingerprint density at radius 1 is 0.706 bits per heavy atom. The Bertz CT molecular complexity index is 1050. The van der Waals surface area contributed by atoms with E-state index in [0.717, 1.165) is 44.9 Å². The van der Waals surface area contributed by atoms with E-state index in [-0.39, 0.29) is 11.7 Å². The summed E-state index contributed by atoms with van der Waals surface area (Å²) in [5, 5.41) is 0. The summed E-state index contributed by atoms with van der Waals surface area (Å²) in [6.07, 6.45) is 8.50. The van der Waals surface area contributed by atoms with Crippen LogP contribution >= 0.6 is 0 Å². The molecule has 3 aromatic rings. The standard InChI is InChI=1S/C31H36F2O/c1-3-5-22-8-14-25(15-9-22)26-16-10-23(11-17-26)6-7-24-12-18-27(19-13-24)28-20-21-29(34-4-2)31(33)30(28)32/h8-11,14-17,20-21,24,27H,3-7,12-13,18-19H2,1-2H3. The summed E-state index contributed by atoms with van der Waals surface area (Å²) in [5.41, 5.74) is 5.80. The molecule has 0 amide bonds. The fourth-order valence-corrected chi connectivity index (χ4v) is 5.28. The predicted molar refractivity (Wildman–Crippen MR) is 136 cm³/mol. The van der Waals surface area contributed by atoms with E-state index in [9.17, 15) is 8.78 Å². The van der Waals surface area contributed by atoms with Crippen molar-refractivity contribution in [3.63, 3.8) is 0 Å². The zero-order valence-corrected chi connectivity index (χ0v) is 20.5. The molecule has 180 valence electrons. The van der Waals surface area contributed by atoms with Gasteiger partial charge in [-0.2, -0.15) is 4.39 Å². The van der Waals surface area contributed by atoms with Crippen LogP contribution in [0, 0.1) is 17.6 Å². The van der Waals surface area contributed by atoms with Crippen LogP contribution in [-0.4, -0.2) is 6.61 Å². The molecule has 0 saturated heterocycles. The molecule has 1 nitrogen and oxygen atoms in total. The van der Waals surface area contributed by atoms with Crippen LogP contribution in [0.5, 0.6) is 5.75 Å². The van der Waals surface area contributed by atoms with Gasteiger partial charge in [0.15, 0.2) is 11.6 Å². The molecule has 0 bridgehead atoms. The maximum atomic E-state index is 14.6. The molecule has 0 N–H and O–H groups in total. The van der Waals surface area contributed by atoms with Crippen LogP contribution < -0.4 is 4.74 Å². The molecule has 0 atom stereocenters. The van der Waals surface area contributed by atoms with Gasteiger partial charge in [-0.1, -0.05) is 67.9 Å². The van der Waals surface area contributed by atoms with Crippen molar-refractivity contribution in [3.05, 3.63) is 89.0 Å². The maximum Gasteiger partial charge on any atom is 0.200 e. The van der Waals surface area contributed by atoms with Gasteiger partial charge in [0.05, 0.1) is 6.61 Å². The van der Waals surface area contributed by atoms with Gasteiger partial charge in [-0.3, -0.25) is 0 Å². The number of rotatable bonds is 9. The van der Waals surface area contributed by atoms with Crippen molar-refractivity contribution >= 4 is 0 Å². The SMILES string of the molecule is CCCc1ccc(-c2ccc(CCC3CCC(c4ccc(OCC)c(F)c4F)CC3)cc2)cc1. The number of benzene rings is 3. The molecule has 0 aromatic heterocycles. The minimum atomic E-state index is -0.846. The molecule has 3 aromatic carbocycles. The number of ether oxygens (including phenoxy) is 1. The molecule has 1 aliphatic rings. The summed E-state index contributed by atoms with van der Waals surface area (Å²) in [4.78, 5) is 0. The van der Waals surface area contributed by atoms with E-state index >= 15 is 0 Å². The van der Waals surface area contributed by atoms with Crippen LogP contribution in [0.4, 0.5) is 8.78 Å². The molecule has 4 rings (SSSR count). The fraction of sp³-hybridized carbons (Fsp3) is 0.419. The highest BCUT2D eigenvalue weighted by Crippen LogP contribution is 2.40. The highest BCUT2D eigenvalue weighted by Gasteiger charge is 2.26. The van der Waals surface area contributed by atoms with Gasteiger partial charge < -0.3 is 4.74 Å². The van der Waals surface area contributed by atoms with Gasteiger partial charge >= 0.3 is 0 Å². The molecule has 0 unspecified atom stereocenters. The molecule has 3 heteroatoms. The van der Waals surface area contributed by atoms with Crippen molar-refractivity contribution in [2.45, 2.75) is 71.1 Å². The van der Waals surface area contributed by atoms with E-state index in [1.54, 1.807) is 19.1 Å². The Morgan fingerprint density at radius 3 is 1.85 bits per heavy atom. The summed E-state index contributed by atoms with van der Waals surface area (Å²) in [5.74, 6) is -0.810. The molecular formula is C31H36F2O. The van der Waals surface area contributed by atoms with Crippen molar-refractivity contribution in [1.82, 2.24) is 0 Å². The van der Waals surface area contributed by atoms with E-state index in [1.807, 2.05) is 0 Å². The molecular weight excluding hydrogens is 426 g/mol. The van der Waals surface area contributed by atoms with E-state index < -0.39 is 11.6 Å². The second kappa shape index (κ2) is 11.6. The second-order valence-corrected chi connectivity index (χ2v) is 9.61. The first-order valence-corrected chi connectivity index (χ1v) is 12.9. The fourth-order valence-electron chi connectivity index (χ4n) is 5.28. The minimum Gasteiger partial charge on any atom is -0.491 e. The summed E-state index contributed by atoms with van der Waals surface area (Å²) < 4.78 is 34.0. The maximum absolute atomic E-state index is 14.6. The van der Waals surface area contributed by atoms with Crippen molar-refractivity contribution in [3.8, 4) is 16.9 Å². The lowest BCUT2D eigenvalue weighted by Crippen LogP contribution is -2.15. The third kappa shape index (κ3) is 5.87. The Balaban J connectivity index is 1.28. The van der Waals surface area contributed by atoms with Crippen molar-refractivity contribution in [2.24, 2.45) is 5.92 Å². The minimum absolute atomic E-state index is 0.0111. The van der Waals surface area contributed by atoms with Crippen LogP contribution in [0.3, 0.4) is 0 Å². The van der Waals surface area contributed by atoms with Gasteiger partial charge in [-0.15, -0.1) is 0 Å². The van der Waals surface area contributed by atoms with Crippen LogP contribution in [0.2, 0.25) is 0 Å². The van der Waals surface area contributed by atoms with Crippen molar-refractivity contribution in [2.75, 3.05) is 6.61 Å². The number of hydrogen-bond acceptors (Lipinski definition) is 1. The second-order valence-electron chi connectivity index (χ2n) is 9.61. The van der Waals surface area contributed by atoms with Gasteiger partial charge in [0.2, 0.25) is 5.82 Å². The zero-order valence-electron chi connectivity index (χ0n) is 20.5. The van der Waals surface area contributed by atoms with Crippen LogP contribution in [0.1, 0.15) is 75.0 Å². The lowest BCUT2D eigenvalue weighted by Gasteiger charge is -2.29. The van der Waals surface area contributed by atoms with E-state index in [1.165, 1.54) is 28.7 Å². The summed E-state index contributed by atoms with van der Waals surface area (Å²) in [7, 11) is 0. The number of halogens is 2. The van der Waals surface area contributed by atoms with Gasteiger partial charge in [0, 0.05) is 0 Å². The molecule has 0 aliphatic heterocycles. The average Bonchev–Trinajstić information content (AvgIpc) is 2.87. The highest BCUT2D eigenvalue weighted by molar-refractivity contribution is 5.64. The summed E-state index contributed by atoms with van der Waals surface area (Å²) >= 11 is 0. The quantitative estimate of drug-likeness (QED) is 0.308. The third-order valence-electron chi connectivity index (χ3n) is 7.28. The predicted octanol–water partition coefficient (Wildman–Crippen LogP) is 8.89. The van der Waals surface area contributed by atoms with Crippen LogP contribution in [-0.2, 0) is 12.8 Å². The summed E-state index contributed by atoms with van der Waals surface area (Å²) in [6, 6.07) is 21.1. The molecule has 1 fully saturated rings. The zero-order chi connectivity index (χ0) is 23.9. The Hall–Kier alpha value is -2.68. The molecule has 0 spiro atoms. The first-order chi connectivity index (χ1) is 16.6. The largest absolute Gasteiger partial charge is 0.491 e. The number of hydrogen-bond donors (Lipinski definition) is 0. The van der Waals surface area contributed by atoms with Gasteiger partial charge in [-0.05, 0) is 97.6 Å². The molecule has 34 heavy (non-hydrogen) atoms. The molecule has 0 radical (unpaired) electrons. The Labute approximate surface area is 203 Å². The topological polar surface area (TPSA) is 9.23 Å². The lowest BCUT2D eigenvalue weighted by atomic mass is 9.76. The van der Waals surface area contributed by atoms with E-state index in [2.05, 4.69) is 55.5 Å². The van der Waals surface area contributed by atoms with E-state index in [0.29, 0.717) is 18.1 Å². The molecule has 1 saturated carbocycles.